The Morgan fingerprint density at radius 2 is 1.90 bits per heavy atom. The lowest BCUT2D eigenvalue weighted by Gasteiger charge is -2.16. The van der Waals surface area contributed by atoms with Crippen LogP contribution in [0.5, 0.6) is 5.75 Å². The van der Waals surface area contributed by atoms with E-state index in [2.05, 4.69) is 5.16 Å². The molecule has 1 amide bonds. The minimum absolute atomic E-state index is 0.00141. The van der Waals surface area contributed by atoms with Gasteiger partial charge in [0.2, 0.25) is 5.91 Å². The SMILES string of the molecule is COc1ccc(N2CC(C(=O)OCc3cc(-c4ccc(C)cc4)on3)CC2=O)cc1. The topological polar surface area (TPSA) is 81.9 Å². The van der Waals surface area contributed by atoms with Crippen molar-refractivity contribution < 1.29 is 23.6 Å². The Morgan fingerprint density at radius 1 is 1.17 bits per heavy atom. The normalized spacial score (nSPS) is 16.0. The van der Waals surface area contributed by atoms with E-state index in [0.29, 0.717) is 17.2 Å². The molecule has 0 saturated carbocycles. The second-order valence-corrected chi connectivity index (χ2v) is 7.26. The van der Waals surface area contributed by atoms with Gasteiger partial charge in [0.15, 0.2) is 5.76 Å². The highest BCUT2D eigenvalue weighted by atomic mass is 16.5. The number of benzene rings is 2. The molecule has 1 aliphatic rings. The molecule has 154 valence electrons. The van der Waals surface area contributed by atoms with Crippen LogP contribution < -0.4 is 9.64 Å². The van der Waals surface area contributed by atoms with E-state index in [-0.39, 0.29) is 25.5 Å². The third kappa shape index (κ3) is 4.20. The second kappa shape index (κ2) is 8.41. The van der Waals surface area contributed by atoms with Crippen molar-refractivity contribution in [3.63, 3.8) is 0 Å². The van der Waals surface area contributed by atoms with Crippen molar-refractivity contribution >= 4 is 17.6 Å². The molecule has 2 aromatic carbocycles. The molecule has 0 spiro atoms. The number of anilines is 1. The number of hydrogen-bond acceptors (Lipinski definition) is 6. The molecule has 1 aliphatic heterocycles. The molecule has 0 aliphatic carbocycles. The van der Waals surface area contributed by atoms with Crippen LogP contribution in [-0.4, -0.2) is 30.7 Å². The molecule has 1 aromatic heterocycles. The van der Waals surface area contributed by atoms with Crippen molar-refractivity contribution in [3.05, 3.63) is 65.9 Å². The molecule has 0 bridgehead atoms. The van der Waals surface area contributed by atoms with Gasteiger partial charge in [0, 0.05) is 30.3 Å². The second-order valence-electron chi connectivity index (χ2n) is 7.26. The van der Waals surface area contributed by atoms with Gasteiger partial charge in [-0.1, -0.05) is 35.0 Å². The monoisotopic (exact) mass is 406 g/mol. The summed E-state index contributed by atoms with van der Waals surface area (Å²) in [5.74, 6) is 0.286. The standard InChI is InChI=1S/C23H22N2O5/c1-15-3-5-16(6-4-15)21-12-18(24-30-21)14-29-23(27)17-11-22(26)25(13-17)19-7-9-20(28-2)10-8-19/h3-10,12,17H,11,13-14H2,1-2H3. The summed E-state index contributed by atoms with van der Waals surface area (Å²) in [7, 11) is 1.58. The largest absolute Gasteiger partial charge is 0.497 e. The highest BCUT2D eigenvalue weighted by Gasteiger charge is 2.36. The van der Waals surface area contributed by atoms with Crippen LogP contribution in [0.2, 0.25) is 0 Å². The highest BCUT2D eigenvalue weighted by molar-refractivity contribution is 5.99. The van der Waals surface area contributed by atoms with E-state index in [1.807, 2.05) is 31.2 Å². The Bertz CT molecular complexity index is 1040. The highest BCUT2D eigenvalue weighted by Crippen LogP contribution is 2.28. The summed E-state index contributed by atoms with van der Waals surface area (Å²) >= 11 is 0. The van der Waals surface area contributed by atoms with Crippen molar-refractivity contribution in [2.24, 2.45) is 5.92 Å². The van der Waals surface area contributed by atoms with Crippen molar-refractivity contribution in [1.82, 2.24) is 5.16 Å². The Hall–Kier alpha value is -3.61. The summed E-state index contributed by atoms with van der Waals surface area (Å²) in [6.07, 6.45) is 0.123. The molecule has 1 fully saturated rings. The first-order valence-electron chi connectivity index (χ1n) is 9.67. The van der Waals surface area contributed by atoms with Gasteiger partial charge in [0.1, 0.15) is 18.1 Å². The van der Waals surface area contributed by atoms with Gasteiger partial charge in [-0.15, -0.1) is 0 Å². The molecule has 2 heterocycles. The van der Waals surface area contributed by atoms with Crippen LogP contribution in [0.3, 0.4) is 0 Å². The number of hydrogen-bond donors (Lipinski definition) is 0. The fourth-order valence-electron chi connectivity index (χ4n) is 3.37. The zero-order valence-electron chi connectivity index (χ0n) is 16.8. The third-order valence-corrected chi connectivity index (χ3v) is 5.10. The predicted molar refractivity (Wildman–Crippen MR) is 110 cm³/mol. The maximum atomic E-state index is 12.5. The fraction of sp³-hybridized carbons (Fsp3) is 0.261. The van der Waals surface area contributed by atoms with Gasteiger partial charge in [0.25, 0.3) is 0 Å². The van der Waals surface area contributed by atoms with Crippen LogP contribution in [0.1, 0.15) is 17.7 Å². The lowest BCUT2D eigenvalue weighted by atomic mass is 10.1. The Balaban J connectivity index is 1.34. The van der Waals surface area contributed by atoms with E-state index >= 15 is 0 Å². The van der Waals surface area contributed by atoms with Crippen molar-refractivity contribution in [1.29, 1.82) is 0 Å². The maximum absolute atomic E-state index is 12.5. The first-order chi connectivity index (χ1) is 14.5. The van der Waals surface area contributed by atoms with E-state index in [9.17, 15) is 9.59 Å². The number of esters is 1. The molecule has 7 heteroatoms. The van der Waals surface area contributed by atoms with Crippen LogP contribution in [0, 0.1) is 12.8 Å². The molecule has 1 unspecified atom stereocenters. The van der Waals surface area contributed by atoms with E-state index in [4.69, 9.17) is 14.0 Å². The number of ether oxygens (including phenoxy) is 2. The van der Waals surface area contributed by atoms with Crippen LogP contribution in [0.15, 0.2) is 59.1 Å². The van der Waals surface area contributed by atoms with E-state index in [1.165, 1.54) is 0 Å². The smallest absolute Gasteiger partial charge is 0.311 e. The number of methoxy groups -OCH3 is 1. The summed E-state index contributed by atoms with van der Waals surface area (Å²) in [5, 5.41) is 3.97. The molecule has 30 heavy (non-hydrogen) atoms. The van der Waals surface area contributed by atoms with E-state index in [1.54, 1.807) is 42.3 Å². The summed E-state index contributed by atoms with van der Waals surface area (Å²) in [6.45, 7) is 2.30. The zero-order chi connectivity index (χ0) is 21.1. The molecule has 1 saturated heterocycles. The van der Waals surface area contributed by atoms with Crippen LogP contribution in [0.4, 0.5) is 5.69 Å². The Kier molecular flexibility index (Phi) is 5.52. The van der Waals surface area contributed by atoms with Crippen LogP contribution >= 0.6 is 0 Å². The summed E-state index contributed by atoms with van der Waals surface area (Å²) in [4.78, 5) is 26.4. The van der Waals surface area contributed by atoms with Gasteiger partial charge in [-0.2, -0.15) is 0 Å². The summed E-state index contributed by atoms with van der Waals surface area (Å²) < 4.78 is 15.9. The number of carbonyl (C=O) groups is 2. The predicted octanol–water partition coefficient (Wildman–Crippen LogP) is 3.75. The van der Waals surface area contributed by atoms with Gasteiger partial charge >= 0.3 is 5.97 Å². The van der Waals surface area contributed by atoms with Crippen LogP contribution in [-0.2, 0) is 20.9 Å². The average molecular weight is 406 g/mol. The van der Waals surface area contributed by atoms with Gasteiger partial charge in [-0.05, 0) is 31.2 Å². The maximum Gasteiger partial charge on any atom is 0.311 e. The summed E-state index contributed by atoms with van der Waals surface area (Å²) in [6, 6.07) is 16.8. The molecule has 0 radical (unpaired) electrons. The first-order valence-corrected chi connectivity index (χ1v) is 9.67. The molecule has 7 nitrogen and oxygen atoms in total. The van der Waals surface area contributed by atoms with Gasteiger partial charge in [-0.25, -0.2) is 0 Å². The van der Waals surface area contributed by atoms with Crippen molar-refractivity contribution in [2.75, 3.05) is 18.6 Å². The van der Waals surface area contributed by atoms with Crippen molar-refractivity contribution in [3.8, 4) is 17.1 Å². The Labute approximate surface area is 174 Å². The third-order valence-electron chi connectivity index (χ3n) is 5.10. The first kappa shape index (κ1) is 19.7. The van der Waals surface area contributed by atoms with E-state index < -0.39 is 11.9 Å². The minimum Gasteiger partial charge on any atom is -0.497 e. The van der Waals surface area contributed by atoms with Crippen molar-refractivity contribution in [2.45, 2.75) is 20.0 Å². The average Bonchev–Trinajstić information content (AvgIpc) is 3.39. The number of amides is 1. The molecule has 4 rings (SSSR count). The van der Waals surface area contributed by atoms with Gasteiger partial charge in [-0.3, -0.25) is 9.59 Å². The number of carbonyl (C=O) groups excluding carboxylic acids is 2. The minimum atomic E-state index is -0.511. The number of aryl methyl sites for hydroxylation is 1. The van der Waals surface area contributed by atoms with Gasteiger partial charge in [0.05, 0.1) is 13.0 Å². The molecular weight excluding hydrogens is 384 g/mol. The summed E-state index contributed by atoms with van der Waals surface area (Å²) in [5.41, 5.74) is 3.31. The number of rotatable bonds is 6. The van der Waals surface area contributed by atoms with Crippen LogP contribution in [0.25, 0.3) is 11.3 Å². The number of aromatic nitrogens is 1. The molecule has 1 atom stereocenters. The molecule has 3 aromatic rings. The number of nitrogens with zero attached hydrogens (tertiary/aromatic N) is 2. The Morgan fingerprint density at radius 3 is 2.60 bits per heavy atom. The fourth-order valence-corrected chi connectivity index (χ4v) is 3.37. The van der Waals surface area contributed by atoms with E-state index in [0.717, 1.165) is 16.8 Å². The lowest BCUT2D eigenvalue weighted by molar-refractivity contribution is -0.149. The molecule has 0 N–H and O–H groups in total. The zero-order valence-corrected chi connectivity index (χ0v) is 16.8. The molecular formula is C23H22N2O5. The van der Waals surface area contributed by atoms with Gasteiger partial charge < -0.3 is 18.9 Å². The lowest BCUT2D eigenvalue weighted by Crippen LogP contribution is -2.26. The quantitative estimate of drug-likeness (QED) is 0.580.